The molecule has 0 aromatic rings. The molecule has 1 aliphatic carbocycles. The Morgan fingerprint density at radius 1 is 1.29 bits per heavy atom. The summed E-state index contributed by atoms with van der Waals surface area (Å²) in [4.78, 5) is 4.32. The molecule has 0 aromatic carbocycles. The molecule has 0 aliphatic heterocycles. The SMILES string of the molecule is CCCOCCCN=C(N)NC1CCCCC1. The van der Waals surface area contributed by atoms with Crippen molar-refractivity contribution >= 4 is 5.96 Å². The molecule has 0 unspecified atom stereocenters. The lowest BCUT2D eigenvalue weighted by Gasteiger charge is -2.23. The number of ether oxygens (including phenoxy) is 1. The lowest BCUT2D eigenvalue weighted by molar-refractivity contribution is 0.134. The van der Waals surface area contributed by atoms with Crippen LogP contribution >= 0.6 is 0 Å². The molecule has 0 aromatic heterocycles. The van der Waals surface area contributed by atoms with Gasteiger partial charge in [-0.3, -0.25) is 4.99 Å². The predicted molar refractivity (Wildman–Crippen MR) is 72.2 cm³/mol. The highest BCUT2D eigenvalue weighted by atomic mass is 16.5. The van der Waals surface area contributed by atoms with E-state index in [4.69, 9.17) is 10.5 Å². The molecule has 100 valence electrons. The summed E-state index contributed by atoms with van der Waals surface area (Å²) in [5.41, 5.74) is 5.84. The normalized spacial score (nSPS) is 18.3. The summed E-state index contributed by atoms with van der Waals surface area (Å²) in [6.07, 6.45) is 8.49. The maximum absolute atomic E-state index is 5.84. The van der Waals surface area contributed by atoms with Crippen LogP contribution in [0.1, 0.15) is 51.9 Å². The zero-order valence-electron chi connectivity index (χ0n) is 11.1. The smallest absolute Gasteiger partial charge is 0.188 e. The maximum atomic E-state index is 5.84. The van der Waals surface area contributed by atoms with Gasteiger partial charge in [0.25, 0.3) is 0 Å². The first-order chi connectivity index (χ1) is 8.33. The van der Waals surface area contributed by atoms with E-state index in [1.807, 2.05) is 0 Å². The summed E-state index contributed by atoms with van der Waals surface area (Å²) in [5, 5.41) is 3.31. The second-order valence-electron chi connectivity index (χ2n) is 4.71. The van der Waals surface area contributed by atoms with Crippen LogP contribution in [0.15, 0.2) is 4.99 Å². The predicted octanol–water partition coefficient (Wildman–Crippen LogP) is 2.04. The van der Waals surface area contributed by atoms with Crippen LogP contribution in [0, 0.1) is 0 Å². The van der Waals surface area contributed by atoms with Gasteiger partial charge in [0, 0.05) is 25.8 Å². The quantitative estimate of drug-likeness (QED) is 0.407. The lowest BCUT2D eigenvalue weighted by Crippen LogP contribution is -2.41. The maximum Gasteiger partial charge on any atom is 0.188 e. The average molecular weight is 241 g/mol. The Morgan fingerprint density at radius 2 is 2.06 bits per heavy atom. The second-order valence-corrected chi connectivity index (χ2v) is 4.71. The highest BCUT2D eigenvalue weighted by Crippen LogP contribution is 2.16. The largest absolute Gasteiger partial charge is 0.381 e. The number of hydrogen-bond donors (Lipinski definition) is 2. The molecule has 1 rings (SSSR count). The number of guanidine groups is 1. The van der Waals surface area contributed by atoms with Crippen LogP contribution < -0.4 is 11.1 Å². The summed E-state index contributed by atoms with van der Waals surface area (Å²) in [6.45, 7) is 4.51. The molecule has 0 spiro atoms. The van der Waals surface area contributed by atoms with Crippen molar-refractivity contribution in [3.8, 4) is 0 Å². The van der Waals surface area contributed by atoms with Crippen LogP contribution in [0.5, 0.6) is 0 Å². The van der Waals surface area contributed by atoms with Crippen molar-refractivity contribution in [3.63, 3.8) is 0 Å². The molecular formula is C13H27N3O. The Kier molecular flexibility index (Phi) is 7.80. The zero-order chi connectivity index (χ0) is 12.3. The molecule has 4 heteroatoms. The standard InChI is InChI=1S/C13H27N3O/c1-2-10-17-11-6-9-15-13(14)16-12-7-4-3-5-8-12/h12H,2-11H2,1H3,(H3,14,15,16). The van der Waals surface area contributed by atoms with Crippen LogP contribution in [0.4, 0.5) is 0 Å². The van der Waals surface area contributed by atoms with Gasteiger partial charge in [-0.25, -0.2) is 0 Å². The van der Waals surface area contributed by atoms with Gasteiger partial charge in [-0.15, -0.1) is 0 Å². The molecule has 0 saturated heterocycles. The molecular weight excluding hydrogens is 214 g/mol. The third-order valence-corrected chi connectivity index (χ3v) is 3.03. The fourth-order valence-electron chi connectivity index (χ4n) is 2.11. The summed E-state index contributed by atoms with van der Waals surface area (Å²) in [5.74, 6) is 0.604. The van der Waals surface area contributed by atoms with Gasteiger partial charge < -0.3 is 15.8 Å². The van der Waals surface area contributed by atoms with E-state index in [0.29, 0.717) is 12.0 Å². The minimum Gasteiger partial charge on any atom is -0.381 e. The monoisotopic (exact) mass is 241 g/mol. The van der Waals surface area contributed by atoms with E-state index in [2.05, 4.69) is 17.2 Å². The van der Waals surface area contributed by atoms with Gasteiger partial charge >= 0.3 is 0 Å². The molecule has 3 N–H and O–H groups in total. The summed E-state index contributed by atoms with van der Waals surface area (Å²) < 4.78 is 5.38. The van der Waals surface area contributed by atoms with Gasteiger partial charge in [0.15, 0.2) is 5.96 Å². The summed E-state index contributed by atoms with van der Waals surface area (Å²) in [7, 11) is 0. The second kappa shape index (κ2) is 9.28. The minimum atomic E-state index is 0.545. The molecule has 0 atom stereocenters. The van der Waals surface area contributed by atoms with E-state index >= 15 is 0 Å². The Hall–Kier alpha value is -0.770. The van der Waals surface area contributed by atoms with E-state index in [0.717, 1.165) is 32.6 Å². The topological polar surface area (TPSA) is 59.6 Å². The highest BCUT2D eigenvalue weighted by Gasteiger charge is 2.12. The Labute approximate surface area is 105 Å². The molecule has 0 heterocycles. The van der Waals surface area contributed by atoms with Crippen molar-refractivity contribution in [2.24, 2.45) is 10.7 Å². The minimum absolute atomic E-state index is 0.545. The van der Waals surface area contributed by atoms with E-state index in [1.165, 1.54) is 32.1 Å². The number of nitrogens with one attached hydrogen (secondary N) is 1. The Morgan fingerprint density at radius 3 is 2.76 bits per heavy atom. The van der Waals surface area contributed by atoms with Crippen molar-refractivity contribution in [3.05, 3.63) is 0 Å². The zero-order valence-corrected chi connectivity index (χ0v) is 11.1. The van der Waals surface area contributed by atoms with Gasteiger partial charge in [0.2, 0.25) is 0 Å². The average Bonchev–Trinajstić information content (AvgIpc) is 2.35. The first-order valence-corrected chi connectivity index (χ1v) is 6.97. The lowest BCUT2D eigenvalue weighted by atomic mass is 9.96. The van der Waals surface area contributed by atoms with Crippen molar-refractivity contribution in [1.29, 1.82) is 0 Å². The molecule has 1 aliphatic rings. The molecule has 1 saturated carbocycles. The molecule has 17 heavy (non-hydrogen) atoms. The van der Waals surface area contributed by atoms with Crippen LogP contribution in [0.2, 0.25) is 0 Å². The number of aliphatic imine (C=N–C) groups is 1. The molecule has 0 radical (unpaired) electrons. The van der Waals surface area contributed by atoms with Crippen molar-refractivity contribution in [1.82, 2.24) is 5.32 Å². The fourth-order valence-corrected chi connectivity index (χ4v) is 2.11. The van der Waals surface area contributed by atoms with E-state index in [9.17, 15) is 0 Å². The van der Waals surface area contributed by atoms with Crippen molar-refractivity contribution in [2.45, 2.75) is 57.9 Å². The first-order valence-electron chi connectivity index (χ1n) is 6.97. The van der Waals surface area contributed by atoms with Crippen LogP contribution in [0.25, 0.3) is 0 Å². The third-order valence-electron chi connectivity index (χ3n) is 3.03. The molecule has 0 amide bonds. The summed E-state index contributed by atoms with van der Waals surface area (Å²) >= 11 is 0. The van der Waals surface area contributed by atoms with Gasteiger partial charge in [0.05, 0.1) is 0 Å². The van der Waals surface area contributed by atoms with E-state index in [1.54, 1.807) is 0 Å². The highest BCUT2D eigenvalue weighted by molar-refractivity contribution is 5.78. The number of hydrogen-bond acceptors (Lipinski definition) is 2. The van der Waals surface area contributed by atoms with Crippen LogP contribution in [-0.4, -0.2) is 31.8 Å². The Balaban J connectivity index is 2.03. The summed E-state index contributed by atoms with van der Waals surface area (Å²) in [6, 6.07) is 0.545. The van der Waals surface area contributed by atoms with Gasteiger partial charge in [0.1, 0.15) is 0 Å². The first kappa shape index (κ1) is 14.3. The Bertz CT molecular complexity index is 213. The number of nitrogens with zero attached hydrogens (tertiary/aromatic N) is 1. The van der Waals surface area contributed by atoms with E-state index in [-0.39, 0.29) is 0 Å². The van der Waals surface area contributed by atoms with Crippen molar-refractivity contribution < 1.29 is 4.74 Å². The number of rotatable bonds is 7. The van der Waals surface area contributed by atoms with Crippen LogP contribution in [0.3, 0.4) is 0 Å². The number of nitrogens with two attached hydrogens (primary N) is 1. The van der Waals surface area contributed by atoms with Crippen molar-refractivity contribution in [2.75, 3.05) is 19.8 Å². The molecule has 4 nitrogen and oxygen atoms in total. The van der Waals surface area contributed by atoms with Gasteiger partial charge in [-0.2, -0.15) is 0 Å². The van der Waals surface area contributed by atoms with Gasteiger partial charge in [-0.1, -0.05) is 26.2 Å². The van der Waals surface area contributed by atoms with Crippen LogP contribution in [-0.2, 0) is 4.74 Å². The van der Waals surface area contributed by atoms with E-state index < -0.39 is 0 Å². The molecule has 1 fully saturated rings. The molecule has 0 bridgehead atoms. The van der Waals surface area contributed by atoms with Gasteiger partial charge in [-0.05, 0) is 25.7 Å². The third kappa shape index (κ3) is 7.21. The fraction of sp³-hybridized carbons (Fsp3) is 0.923.